The summed E-state index contributed by atoms with van der Waals surface area (Å²) >= 11 is 0. The van der Waals surface area contributed by atoms with Gasteiger partial charge in [0.15, 0.2) is 11.4 Å². The number of nitrogens with zero attached hydrogens (tertiary/aromatic N) is 6. The highest BCUT2D eigenvalue weighted by Crippen LogP contribution is 2.40. The lowest BCUT2D eigenvalue weighted by Crippen LogP contribution is -2.24. The molecule has 8 heteroatoms. The van der Waals surface area contributed by atoms with Gasteiger partial charge in [0.1, 0.15) is 0 Å². The first kappa shape index (κ1) is 26.9. The van der Waals surface area contributed by atoms with Crippen molar-refractivity contribution in [3.8, 4) is 40.1 Å². The fourth-order valence-corrected chi connectivity index (χ4v) is 6.03. The molecule has 0 saturated heterocycles. The molecule has 8 nitrogen and oxygen atoms in total. The Hall–Kier alpha value is -7.00. The van der Waals surface area contributed by atoms with Crippen LogP contribution in [-0.4, -0.2) is 28.3 Å². The van der Waals surface area contributed by atoms with Crippen molar-refractivity contribution >= 4 is 45.0 Å². The van der Waals surface area contributed by atoms with Crippen LogP contribution in [-0.2, 0) is 0 Å². The largest absolute Gasteiger partial charge is 0.308 e. The van der Waals surface area contributed by atoms with Gasteiger partial charge in [-0.3, -0.25) is 14.5 Å². The van der Waals surface area contributed by atoms with Gasteiger partial charge in [0, 0.05) is 28.9 Å². The molecule has 2 amide bonds. The van der Waals surface area contributed by atoms with Gasteiger partial charge in [-0.15, -0.1) is 0 Å². The molecule has 0 N–H and O–H groups in total. The Balaban J connectivity index is 1.55. The van der Waals surface area contributed by atoms with Crippen LogP contribution in [0.15, 0.2) is 91.0 Å². The molecule has 7 rings (SSSR count). The van der Waals surface area contributed by atoms with Crippen LogP contribution in [0.5, 0.6) is 0 Å². The number of nitriles is 2. The van der Waals surface area contributed by atoms with Gasteiger partial charge in [0.25, 0.3) is 11.8 Å². The smallest absolute Gasteiger partial charge is 0.263 e. The molecular weight excluding hydrogens is 560 g/mol. The minimum Gasteiger partial charge on any atom is -0.308 e. The van der Waals surface area contributed by atoms with Gasteiger partial charge < -0.3 is 4.57 Å². The first-order valence-corrected chi connectivity index (χ1v) is 13.7. The maximum Gasteiger partial charge on any atom is 0.263 e. The van der Waals surface area contributed by atoms with Gasteiger partial charge in [0.05, 0.1) is 53.1 Å². The third kappa shape index (κ3) is 4.11. The number of rotatable bonds is 3. The Morgan fingerprint density at radius 1 is 0.644 bits per heavy atom. The predicted molar refractivity (Wildman–Crippen MR) is 170 cm³/mol. The molecule has 208 valence electrons. The summed E-state index contributed by atoms with van der Waals surface area (Å²) in [5.41, 5.74) is 7.27. The molecular formula is C37H18N6O2. The van der Waals surface area contributed by atoms with Crippen LogP contribution >= 0.6 is 0 Å². The van der Waals surface area contributed by atoms with Crippen molar-refractivity contribution in [2.75, 3.05) is 7.05 Å². The van der Waals surface area contributed by atoms with Gasteiger partial charge in [0.2, 0.25) is 0 Å². The summed E-state index contributed by atoms with van der Waals surface area (Å²) in [6.07, 6.45) is 0. The summed E-state index contributed by atoms with van der Waals surface area (Å²) in [4.78, 5) is 34.4. The van der Waals surface area contributed by atoms with E-state index < -0.39 is 0 Å². The third-order valence-corrected chi connectivity index (χ3v) is 8.12. The molecule has 0 saturated carbocycles. The second-order valence-corrected chi connectivity index (χ2v) is 10.7. The molecule has 0 radical (unpaired) electrons. The Morgan fingerprint density at radius 3 is 1.67 bits per heavy atom. The number of aromatic nitrogens is 1. The van der Waals surface area contributed by atoms with Crippen LogP contribution in [0.25, 0.3) is 59.4 Å². The average molecular weight is 579 g/mol. The van der Waals surface area contributed by atoms with E-state index in [4.69, 9.17) is 13.1 Å². The van der Waals surface area contributed by atoms with Gasteiger partial charge in [-0.05, 0) is 95.1 Å². The summed E-state index contributed by atoms with van der Waals surface area (Å²) in [6.45, 7) is 15.0. The summed E-state index contributed by atoms with van der Waals surface area (Å²) < 4.78 is 1.97. The minimum atomic E-state index is -0.381. The van der Waals surface area contributed by atoms with Crippen molar-refractivity contribution in [3.63, 3.8) is 0 Å². The van der Waals surface area contributed by atoms with Gasteiger partial charge in [-0.25, -0.2) is 9.69 Å². The highest BCUT2D eigenvalue weighted by Gasteiger charge is 2.35. The van der Waals surface area contributed by atoms with E-state index in [0.29, 0.717) is 50.4 Å². The molecule has 5 aromatic carbocycles. The van der Waals surface area contributed by atoms with Crippen LogP contribution in [0.3, 0.4) is 0 Å². The summed E-state index contributed by atoms with van der Waals surface area (Å²) in [7, 11) is 1.47. The van der Waals surface area contributed by atoms with Gasteiger partial charge in [-0.1, -0.05) is 18.2 Å². The average Bonchev–Trinajstić information content (AvgIpc) is 3.53. The number of fused-ring (bicyclic) bond motifs is 4. The summed E-state index contributed by atoms with van der Waals surface area (Å²) in [5.74, 6) is -0.739. The number of imide groups is 1. The zero-order valence-electron chi connectivity index (χ0n) is 23.7. The Morgan fingerprint density at radius 2 is 1.18 bits per heavy atom. The molecule has 0 fully saturated rings. The molecule has 0 aliphatic carbocycles. The monoisotopic (exact) mass is 578 g/mol. The minimum absolute atomic E-state index is 0.323. The highest BCUT2D eigenvalue weighted by atomic mass is 16.2. The van der Waals surface area contributed by atoms with E-state index in [2.05, 4.69) is 21.8 Å². The van der Waals surface area contributed by atoms with E-state index in [9.17, 15) is 20.1 Å². The lowest BCUT2D eigenvalue weighted by molar-refractivity contribution is 0.0693. The SMILES string of the molecule is [C-]#[N+]c1cc(C#N)cc(-c2ccc3c(c2)c2cc(-c4cc(C#N)cc([N+]#[C-])c4)ccc2n3-c2cccc3c2C(=O)N(C)C3=O)c1. The maximum absolute atomic E-state index is 13.3. The third-order valence-electron chi connectivity index (χ3n) is 8.12. The van der Waals surface area contributed by atoms with Crippen molar-refractivity contribution in [3.05, 3.63) is 136 Å². The van der Waals surface area contributed by atoms with E-state index >= 15 is 0 Å². The van der Waals surface area contributed by atoms with Gasteiger partial charge in [-0.2, -0.15) is 10.5 Å². The first-order valence-electron chi connectivity index (χ1n) is 13.7. The zero-order chi connectivity index (χ0) is 31.4. The van der Waals surface area contributed by atoms with Crippen LogP contribution in [0.4, 0.5) is 11.4 Å². The maximum atomic E-state index is 13.3. The molecule has 0 bridgehead atoms. The van der Waals surface area contributed by atoms with E-state index in [1.54, 1.807) is 48.5 Å². The molecule has 1 aliphatic rings. The molecule has 1 aliphatic heterocycles. The molecule has 0 atom stereocenters. The Kier molecular flexibility index (Phi) is 6.01. The molecule has 1 aromatic heterocycles. The first-order chi connectivity index (χ1) is 21.8. The molecule has 2 heterocycles. The van der Waals surface area contributed by atoms with Crippen molar-refractivity contribution in [2.24, 2.45) is 0 Å². The van der Waals surface area contributed by atoms with Crippen molar-refractivity contribution in [1.82, 2.24) is 9.47 Å². The van der Waals surface area contributed by atoms with Crippen LogP contribution in [0, 0.1) is 35.8 Å². The van der Waals surface area contributed by atoms with E-state index in [1.807, 2.05) is 47.0 Å². The number of hydrogen-bond donors (Lipinski definition) is 0. The second-order valence-electron chi connectivity index (χ2n) is 10.7. The quantitative estimate of drug-likeness (QED) is 0.156. The lowest BCUT2D eigenvalue weighted by atomic mass is 9.98. The fourth-order valence-electron chi connectivity index (χ4n) is 6.03. The number of carbonyl (C=O) groups excluding carboxylic acids is 2. The highest BCUT2D eigenvalue weighted by molar-refractivity contribution is 6.23. The Bertz CT molecular complexity index is 2300. The van der Waals surface area contributed by atoms with E-state index in [0.717, 1.165) is 37.8 Å². The summed E-state index contributed by atoms with van der Waals surface area (Å²) in [5, 5.41) is 20.8. The fraction of sp³-hybridized carbons (Fsp3) is 0.0270. The molecule has 6 aromatic rings. The standard InChI is InChI=1S/C37H18N6O2/c1-40-27-13-21(19-38)11-25(15-27)23-7-9-32-30(17-23)31-18-24(26-12-22(20-39)14-28(16-26)41-2)8-10-33(31)43(32)34-6-4-5-29-35(34)37(45)42(3)36(29)44/h4-18H,3H3. The van der Waals surface area contributed by atoms with Gasteiger partial charge >= 0.3 is 0 Å². The van der Waals surface area contributed by atoms with Crippen molar-refractivity contribution in [1.29, 1.82) is 10.5 Å². The number of amides is 2. The molecule has 45 heavy (non-hydrogen) atoms. The van der Waals surface area contributed by atoms with Crippen LogP contribution in [0.2, 0.25) is 0 Å². The van der Waals surface area contributed by atoms with E-state index in [-0.39, 0.29) is 11.8 Å². The predicted octanol–water partition coefficient (Wildman–Crippen LogP) is 8.19. The van der Waals surface area contributed by atoms with Crippen molar-refractivity contribution in [2.45, 2.75) is 0 Å². The van der Waals surface area contributed by atoms with Crippen LogP contribution < -0.4 is 0 Å². The normalized spacial score (nSPS) is 12.1. The summed E-state index contributed by atoms with van der Waals surface area (Å²) in [6, 6.07) is 31.2. The number of carbonyl (C=O) groups is 2. The molecule has 0 spiro atoms. The Labute approximate surface area is 257 Å². The topological polar surface area (TPSA) is 98.6 Å². The zero-order valence-corrected chi connectivity index (χ0v) is 23.7. The number of benzene rings is 5. The lowest BCUT2D eigenvalue weighted by Gasteiger charge is -2.12. The second kappa shape index (κ2) is 10.1. The van der Waals surface area contributed by atoms with Crippen molar-refractivity contribution < 1.29 is 9.59 Å². The molecule has 0 unspecified atom stereocenters. The van der Waals surface area contributed by atoms with Crippen LogP contribution in [0.1, 0.15) is 31.8 Å². The number of hydrogen-bond acceptors (Lipinski definition) is 4. The van der Waals surface area contributed by atoms with E-state index in [1.165, 1.54) is 7.05 Å².